The van der Waals surface area contributed by atoms with E-state index in [1.165, 1.54) is 0 Å². The molecular weight excluding hydrogens is 139 g/mol. The molecule has 0 radical (unpaired) electrons. The zero-order valence-electron chi connectivity index (χ0n) is 6.37. The third kappa shape index (κ3) is 1.67. The Hall–Kier alpha value is -1.12. The summed E-state index contributed by atoms with van der Waals surface area (Å²) >= 11 is 0. The molecule has 0 bridgehead atoms. The van der Waals surface area contributed by atoms with Crippen LogP contribution in [-0.4, -0.2) is 18.0 Å². The Balaban J connectivity index is 3.12. The average molecular weight is 148 g/mol. The van der Waals surface area contributed by atoms with Crippen molar-refractivity contribution in [2.45, 2.75) is 13.3 Å². The number of carbonyl (C=O) groups is 1. The molecule has 0 spiro atoms. The second-order valence-electron chi connectivity index (χ2n) is 2.32. The SMILES string of the molecule is CCc1cccbc1C(=O)O. The van der Waals surface area contributed by atoms with Crippen molar-refractivity contribution in [3.8, 4) is 0 Å². The van der Waals surface area contributed by atoms with Gasteiger partial charge >= 0.3 is 65.2 Å². The molecule has 0 aliphatic carbocycles. The molecule has 0 saturated carbocycles. The number of aryl methyl sites for hydroxylation is 1. The number of hydrogen-bond acceptors (Lipinski definition) is 1. The molecule has 1 N–H and O–H groups in total. The van der Waals surface area contributed by atoms with Gasteiger partial charge in [0.2, 0.25) is 0 Å². The van der Waals surface area contributed by atoms with E-state index in [1.807, 2.05) is 19.1 Å². The zero-order chi connectivity index (χ0) is 8.27. The first-order valence-corrected chi connectivity index (χ1v) is 3.57. The van der Waals surface area contributed by atoms with Crippen LogP contribution in [0.3, 0.4) is 0 Å². The fraction of sp³-hybridized carbons (Fsp3) is 0.250. The van der Waals surface area contributed by atoms with Gasteiger partial charge < -0.3 is 0 Å². The molecule has 0 aromatic carbocycles. The van der Waals surface area contributed by atoms with Crippen molar-refractivity contribution in [2.75, 3.05) is 0 Å². The fourth-order valence-corrected chi connectivity index (χ4v) is 1.04. The van der Waals surface area contributed by atoms with Crippen LogP contribution in [0.2, 0.25) is 0 Å². The van der Waals surface area contributed by atoms with Gasteiger partial charge in [-0.25, -0.2) is 0 Å². The van der Waals surface area contributed by atoms with E-state index < -0.39 is 5.97 Å². The Morgan fingerprint density at radius 2 is 2.45 bits per heavy atom. The molecule has 0 aliphatic heterocycles. The van der Waals surface area contributed by atoms with Crippen LogP contribution < -0.4 is 0 Å². The first kappa shape index (κ1) is 7.99. The van der Waals surface area contributed by atoms with Gasteiger partial charge in [0.25, 0.3) is 0 Å². The number of hydrogen-bond donors (Lipinski definition) is 1. The van der Waals surface area contributed by atoms with Gasteiger partial charge in [-0.05, 0) is 0 Å². The molecule has 1 aromatic rings. The summed E-state index contributed by atoms with van der Waals surface area (Å²) in [5, 5.41) is 8.70. The number of carboxylic acids is 1. The van der Waals surface area contributed by atoms with Crippen LogP contribution in [0, 0.1) is 0 Å². The molecule has 0 aliphatic rings. The molecule has 0 saturated heterocycles. The van der Waals surface area contributed by atoms with Crippen molar-refractivity contribution >= 4 is 12.9 Å². The first-order chi connectivity index (χ1) is 5.25. The van der Waals surface area contributed by atoms with E-state index in [-0.39, 0.29) is 0 Å². The maximum atomic E-state index is 10.6. The number of rotatable bonds is 2. The normalized spacial score (nSPS) is 9.18. The summed E-state index contributed by atoms with van der Waals surface area (Å²) < 4.78 is 0. The topological polar surface area (TPSA) is 37.3 Å². The molecular formula is C8H9BO2. The van der Waals surface area contributed by atoms with Crippen LogP contribution in [0.4, 0.5) is 0 Å². The van der Waals surface area contributed by atoms with E-state index in [2.05, 4.69) is 0 Å². The first-order valence-electron chi connectivity index (χ1n) is 3.57. The Labute approximate surface area is 66.1 Å². The van der Waals surface area contributed by atoms with Crippen LogP contribution in [0.5, 0.6) is 0 Å². The molecule has 0 atom stereocenters. The van der Waals surface area contributed by atoms with E-state index in [9.17, 15) is 4.79 Å². The summed E-state index contributed by atoms with van der Waals surface area (Å²) in [6, 6.07) is 3.69. The van der Waals surface area contributed by atoms with Crippen molar-refractivity contribution in [2.24, 2.45) is 0 Å². The van der Waals surface area contributed by atoms with Crippen LogP contribution >= 0.6 is 0 Å². The predicted octanol–water partition coefficient (Wildman–Crippen LogP) is 1.29. The van der Waals surface area contributed by atoms with E-state index in [4.69, 9.17) is 5.11 Å². The van der Waals surface area contributed by atoms with Crippen molar-refractivity contribution in [1.29, 1.82) is 0 Å². The van der Waals surface area contributed by atoms with Gasteiger partial charge in [0.15, 0.2) is 0 Å². The van der Waals surface area contributed by atoms with Gasteiger partial charge in [0, 0.05) is 0 Å². The molecule has 0 amide bonds. The van der Waals surface area contributed by atoms with E-state index in [0.29, 0.717) is 5.46 Å². The summed E-state index contributed by atoms with van der Waals surface area (Å²) in [6.07, 6.45) is 0.766. The molecule has 1 aromatic heterocycles. The summed E-state index contributed by atoms with van der Waals surface area (Å²) in [7, 11) is 0. The Kier molecular flexibility index (Phi) is 2.42. The second kappa shape index (κ2) is 3.33. The summed E-state index contributed by atoms with van der Waals surface area (Å²) in [6.45, 7) is 3.57. The summed E-state index contributed by atoms with van der Waals surface area (Å²) in [5.74, 6) is 0.894. The minimum absolute atomic E-state index is 0.412. The van der Waals surface area contributed by atoms with Crippen LogP contribution in [0.1, 0.15) is 22.7 Å². The Morgan fingerprint density at radius 1 is 1.73 bits per heavy atom. The summed E-state index contributed by atoms with van der Waals surface area (Å²) in [5.41, 5.74) is 1.30. The monoisotopic (exact) mass is 148 g/mol. The van der Waals surface area contributed by atoms with Gasteiger partial charge in [-0.2, -0.15) is 0 Å². The van der Waals surface area contributed by atoms with Crippen molar-refractivity contribution in [1.82, 2.24) is 0 Å². The zero-order valence-corrected chi connectivity index (χ0v) is 6.37. The second-order valence-corrected chi connectivity index (χ2v) is 2.32. The Morgan fingerprint density at radius 3 is 2.91 bits per heavy atom. The molecule has 56 valence electrons. The van der Waals surface area contributed by atoms with Crippen LogP contribution in [-0.2, 0) is 6.42 Å². The third-order valence-electron chi connectivity index (χ3n) is 1.63. The van der Waals surface area contributed by atoms with Crippen molar-refractivity contribution in [3.63, 3.8) is 0 Å². The average Bonchev–Trinajstić information content (AvgIpc) is 2.04. The molecule has 1 heterocycles. The van der Waals surface area contributed by atoms with Gasteiger partial charge in [0.05, 0.1) is 0 Å². The van der Waals surface area contributed by atoms with Crippen molar-refractivity contribution in [3.05, 3.63) is 29.1 Å². The number of carboxylic acid groups (broad SMARTS) is 1. The molecule has 1 rings (SSSR count). The number of aromatic carboxylic acids is 1. The van der Waals surface area contributed by atoms with Gasteiger partial charge in [-0.1, -0.05) is 0 Å². The Bertz CT molecular complexity index is 271. The minimum atomic E-state index is -0.845. The molecule has 11 heavy (non-hydrogen) atoms. The van der Waals surface area contributed by atoms with Crippen LogP contribution in [0.15, 0.2) is 18.1 Å². The van der Waals surface area contributed by atoms with E-state index >= 15 is 0 Å². The van der Waals surface area contributed by atoms with E-state index in [1.54, 1.807) is 12.9 Å². The molecule has 2 nitrogen and oxygen atoms in total. The van der Waals surface area contributed by atoms with Gasteiger partial charge in [-0.15, -0.1) is 0 Å². The van der Waals surface area contributed by atoms with Gasteiger partial charge in [-0.3, -0.25) is 0 Å². The van der Waals surface area contributed by atoms with Crippen molar-refractivity contribution < 1.29 is 9.90 Å². The molecule has 0 unspecified atom stereocenters. The maximum absolute atomic E-state index is 10.6. The summed E-state index contributed by atoms with van der Waals surface area (Å²) in [4.78, 5) is 10.6. The van der Waals surface area contributed by atoms with Gasteiger partial charge in [0.1, 0.15) is 0 Å². The quantitative estimate of drug-likeness (QED) is 0.685. The standard InChI is InChI=1S/C8H9BO2/c1-2-6-4-3-5-9-7(6)8(10)11/h3-5H,2H2,1H3,(H,10,11). The van der Waals surface area contributed by atoms with E-state index in [0.717, 1.165) is 12.0 Å². The van der Waals surface area contributed by atoms with Crippen LogP contribution in [0.25, 0.3) is 0 Å². The fourth-order valence-electron chi connectivity index (χ4n) is 1.04. The molecule has 3 heteroatoms. The third-order valence-corrected chi connectivity index (χ3v) is 1.63. The molecule has 0 fully saturated rings. The predicted molar refractivity (Wildman–Crippen MR) is 44.1 cm³/mol.